The van der Waals surface area contributed by atoms with E-state index >= 15 is 0 Å². The molecule has 1 rings (SSSR count). The smallest absolute Gasteiger partial charge is 0.222 e. The topological polar surface area (TPSA) is 29.5 Å². The molecule has 1 aromatic carbocycles. The summed E-state index contributed by atoms with van der Waals surface area (Å²) in [5, 5.41) is 0. The SMILES string of the molecule is CN(C)C(=O)CCCOc1cc(Br)ccc1F. The van der Waals surface area contributed by atoms with Crippen LogP contribution in [-0.2, 0) is 4.79 Å². The maximum absolute atomic E-state index is 13.3. The van der Waals surface area contributed by atoms with Crippen molar-refractivity contribution in [3.05, 3.63) is 28.5 Å². The van der Waals surface area contributed by atoms with Crippen LogP contribution in [0.15, 0.2) is 22.7 Å². The van der Waals surface area contributed by atoms with Crippen LogP contribution in [0.25, 0.3) is 0 Å². The van der Waals surface area contributed by atoms with E-state index in [1.165, 1.54) is 11.0 Å². The predicted molar refractivity (Wildman–Crippen MR) is 67.5 cm³/mol. The fourth-order valence-corrected chi connectivity index (χ4v) is 1.56. The lowest BCUT2D eigenvalue weighted by molar-refractivity contribution is -0.128. The van der Waals surface area contributed by atoms with Gasteiger partial charge in [0.15, 0.2) is 11.6 Å². The van der Waals surface area contributed by atoms with Gasteiger partial charge in [0.1, 0.15) is 0 Å². The normalized spacial score (nSPS) is 10.1. The lowest BCUT2D eigenvalue weighted by Crippen LogP contribution is -2.21. The Labute approximate surface area is 109 Å². The van der Waals surface area contributed by atoms with Crippen LogP contribution < -0.4 is 4.74 Å². The van der Waals surface area contributed by atoms with E-state index in [9.17, 15) is 9.18 Å². The Kier molecular flexibility index (Phi) is 5.41. The van der Waals surface area contributed by atoms with Crippen molar-refractivity contribution >= 4 is 21.8 Å². The zero-order valence-corrected chi connectivity index (χ0v) is 11.5. The van der Waals surface area contributed by atoms with Gasteiger partial charge < -0.3 is 9.64 Å². The van der Waals surface area contributed by atoms with Gasteiger partial charge >= 0.3 is 0 Å². The Morgan fingerprint density at radius 3 is 2.82 bits per heavy atom. The van der Waals surface area contributed by atoms with E-state index in [0.717, 1.165) is 4.47 Å². The number of halogens is 2. The van der Waals surface area contributed by atoms with Crippen LogP contribution in [0, 0.1) is 5.82 Å². The predicted octanol–water partition coefficient (Wildman–Crippen LogP) is 2.84. The van der Waals surface area contributed by atoms with Gasteiger partial charge in [-0.05, 0) is 24.6 Å². The Morgan fingerprint density at radius 2 is 2.18 bits per heavy atom. The summed E-state index contributed by atoms with van der Waals surface area (Å²) in [6, 6.07) is 4.52. The average molecular weight is 304 g/mol. The molecule has 0 bridgehead atoms. The molecule has 3 nitrogen and oxygen atoms in total. The number of amides is 1. The Balaban J connectivity index is 2.36. The van der Waals surface area contributed by atoms with Gasteiger partial charge in [0, 0.05) is 25.0 Å². The number of nitrogens with zero attached hydrogens (tertiary/aromatic N) is 1. The third-order valence-electron chi connectivity index (χ3n) is 2.18. The zero-order chi connectivity index (χ0) is 12.8. The number of carbonyl (C=O) groups excluding carboxylic acids is 1. The maximum Gasteiger partial charge on any atom is 0.222 e. The average Bonchev–Trinajstić information content (AvgIpc) is 2.28. The second-order valence-electron chi connectivity index (χ2n) is 3.81. The lowest BCUT2D eigenvalue weighted by atomic mass is 10.3. The highest BCUT2D eigenvalue weighted by molar-refractivity contribution is 9.10. The van der Waals surface area contributed by atoms with Gasteiger partial charge in [0.05, 0.1) is 6.61 Å². The fourth-order valence-electron chi connectivity index (χ4n) is 1.22. The summed E-state index contributed by atoms with van der Waals surface area (Å²) in [4.78, 5) is 12.8. The molecule has 94 valence electrons. The van der Waals surface area contributed by atoms with E-state index in [4.69, 9.17) is 4.74 Å². The molecule has 0 spiro atoms. The lowest BCUT2D eigenvalue weighted by Gasteiger charge is -2.10. The second-order valence-corrected chi connectivity index (χ2v) is 4.73. The Hall–Kier alpha value is -1.10. The third kappa shape index (κ3) is 4.73. The third-order valence-corrected chi connectivity index (χ3v) is 2.68. The summed E-state index contributed by atoms with van der Waals surface area (Å²) in [5.74, 6) is -0.146. The van der Waals surface area contributed by atoms with Crippen molar-refractivity contribution in [1.82, 2.24) is 4.90 Å². The molecule has 17 heavy (non-hydrogen) atoms. The number of ether oxygens (including phenoxy) is 1. The number of hydrogen-bond donors (Lipinski definition) is 0. The van der Waals surface area contributed by atoms with Gasteiger partial charge in [0.25, 0.3) is 0 Å². The Bertz CT molecular complexity index is 396. The molecule has 1 aromatic rings. The van der Waals surface area contributed by atoms with Crippen molar-refractivity contribution in [2.24, 2.45) is 0 Å². The Morgan fingerprint density at radius 1 is 1.47 bits per heavy atom. The summed E-state index contributed by atoms with van der Waals surface area (Å²) in [6.45, 7) is 0.326. The first-order valence-electron chi connectivity index (χ1n) is 5.28. The largest absolute Gasteiger partial charge is 0.490 e. The van der Waals surface area contributed by atoms with Crippen LogP contribution in [-0.4, -0.2) is 31.5 Å². The molecule has 5 heteroatoms. The van der Waals surface area contributed by atoms with Crippen LogP contribution in [0.5, 0.6) is 5.75 Å². The first kappa shape index (κ1) is 14.0. The number of carbonyl (C=O) groups is 1. The van der Waals surface area contributed by atoms with Crippen LogP contribution in [0.3, 0.4) is 0 Å². The van der Waals surface area contributed by atoms with Gasteiger partial charge in [-0.2, -0.15) is 0 Å². The molecule has 0 atom stereocenters. The fraction of sp³-hybridized carbons (Fsp3) is 0.417. The minimum absolute atomic E-state index is 0.0447. The highest BCUT2D eigenvalue weighted by Crippen LogP contribution is 2.22. The molecule has 0 saturated heterocycles. The maximum atomic E-state index is 13.3. The molecule has 0 aliphatic rings. The van der Waals surface area contributed by atoms with Gasteiger partial charge in [-0.25, -0.2) is 4.39 Å². The van der Waals surface area contributed by atoms with Crippen molar-refractivity contribution in [1.29, 1.82) is 0 Å². The van der Waals surface area contributed by atoms with E-state index in [1.54, 1.807) is 26.2 Å². The summed E-state index contributed by atoms with van der Waals surface area (Å²) in [6.07, 6.45) is 0.978. The van der Waals surface area contributed by atoms with Crippen molar-refractivity contribution in [2.75, 3.05) is 20.7 Å². The molecule has 0 aliphatic heterocycles. The highest BCUT2D eigenvalue weighted by atomic mass is 79.9. The summed E-state index contributed by atoms with van der Waals surface area (Å²) >= 11 is 3.24. The molecule has 0 radical (unpaired) electrons. The van der Waals surface area contributed by atoms with Crippen molar-refractivity contribution in [3.8, 4) is 5.75 Å². The summed E-state index contributed by atoms with van der Waals surface area (Å²) < 4.78 is 19.3. The van der Waals surface area contributed by atoms with E-state index in [-0.39, 0.29) is 11.7 Å². The first-order valence-corrected chi connectivity index (χ1v) is 6.08. The van der Waals surface area contributed by atoms with Crippen molar-refractivity contribution in [3.63, 3.8) is 0 Å². The quantitative estimate of drug-likeness (QED) is 0.783. The van der Waals surface area contributed by atoms with E-state index in [1.807, 2.05) is 0 Å². The molecule has 0 unspecified atom stereocenters. The standard InChI is InChI=1S/C12H15BrFNO2/c1-15(2)12(16)4-3-7-17-11-8-9(13)5-6-10(11)14/h5-6,8H,3-4,7H2,1-2H3. The molecule has 0 heterocycles. The van der Waals surface area contributed by atoms with Crippen LogP contribution in [0.4, 0.5) is 4.39 Å². The molecule has 0 aliphatic carbocycles. The van der Waals surface area contributed by atoms with Gasteiger partial charge in [-0.3, -0.25) is 4.79 Å². The van der Waals surface area contributed by atoms with Crippen molar-refractivity contribution in [2.45, 2.75) is 12.8 Å². The van der Waals surface area contributed by atoms with Crippen molar-refractivity contribution < 1.29 is 13.9 Å². The van der Waals surface area contributed by atoms with E-state index in [0.29, 0.717) is 19.4 Å². The van der Waals surface area contributed by atoms with Gasteiger partial charge in [-0.1, -0.05) is 15.9 Å². The number of hydrogen-bond acceptors (Lipinski definition) is 2. The summed E-state index contributed by atoms with van der Waals surface area (Å²) in [7, 11) is 3.41. The van der Waals surface area contributed by atoms with Gasteiger partial charge in [0.2, 0.25) is 5.91 Å². The number of benzene rings is 1. The molecular weight excluding hydrogens is 289 g/mol. The van der Waals surface area contributed by atoms with Gasteiger partial charge in [-0.15, -0.1) is 0 Å². The monoisotopic (exact) mass is 303 g/mol. The zero-order valence-electron chi connectivity index (χ0n) is 9.87. The minimum atomic E-state index is -0.396. The minimum Gasteiger partial charge on any atom is -0.490 e. The molecule has 0 saturated carbocycles. The summed E-state index contributed by atoms with van der Waals surface area (Å²) in [5.41, 5.74) is 0. The first-order chi connectivity index (χ1) is 8.00. The molecular formula is C12H15BrFNO2. The number of rotatable bonds is 5. The molecule has 0 N–H and O–H groups in total. The van der Waals surface area contributed by atoms with Crippen LogP contribution in [0.2, 0.25) is 0 Å². The van der Waals surface area contributed by atoms with E-state index < -0.39 is 5.82 Å². The van der Waals surface area contributed by atoms with Crippen LogP contribution >= 0.6 is 15.9 Å². The second kappa shape index (κ2) is 6.59. The van der Waals surface area contributed by atoms with Crippen LogP contribution in [0.1, 0.15) is 12.8 Å². The highest BCUT2D eigenvalue weighted by Gasteiger charge is 2.06. The van der Waals surface area contributed by atoms with E-state index in [2.05, 4.69) is 15.9 Å². The molecule has 0 aromatic heterocycles. The molecule has 1 amide bonds. The molecule has 0 fully saturated rings.